The summed E-state index contributed by atoms with van der Waals surface area (Å²) in [6.45, 7) is 4.00. The zero-order valence-electron chi connectivity index (χ0n) is 19.1. The smallest absolute Gasteiger partial charge is 0.335 e. The molecule has 172 valence electrons. The van der Waals surface area contributed by atoms with E-state index in [4.69, 9.17) is 9.47 Å². The van der Waals surface area contributed by atoms with Crippen LogP contribution < -0.4 is 19.7 Å². The number of ether oxygens (including phenoxy) is 2. The lowest BCUT2D eigenvalue weighted by Gasteiger charge is -2.28. The van der Waals surface area contributed by atoms with Gasteiger partial charge in [-0.1, -0.05) is 42.5 Å². The molecule has 1 N–H and O–H groups in total. The van der Waals surface area contributed by atoms with Gasteiger partial charge >= 0.3 is 6.03 Å². The van der Waals surface area contributed by atoms with E-state index in [1.807, 2.05) is 50.2 Å². The molecule has 0 aliphatic carbocycles. The molecule has 1 heterocycles. The first-order chi connectivity index (χ1) is 16.4. The molecule has 3 aromatic rings. The topological polar surface area (TPSA) is 84.9 Å². The Morgan fingerprint density at radius 1 is 0.941 bits per heavy atom. The molecule has 3 aromatic carbocycles. The van der Waals surface area contributed by atoms with Crippen molar-refractivity contribution in [2.75, 3.05) is 12.0 Å². The maximum Gasteiger partial charge on any atom is 0.335 e. The van der Waals surface area contributed by atoms with E-state index in [0.717, 1.165) is 21.6 Å². The highest BCUT2D eigenvalue weighted by molar-refractivity contribution is 6.39. The van der Waals surface area contributed by atoms with Crippen molar-refractivity contribution in [3.8, 4) is 11.5 Å². The van der Waals surface area contributed by atoms with Gasteiger partial charge in [0.25, 0.3) is 11.8 Å². The summed E-state index contributed by atoms with van der Waals surface area (Å²) in [7, 11) is 1.54. The molecule has 34 heavy (non-hydrogen) atoms. The fourth-order valence-corrected chi connectivity index (χ4v) is 3.63. The first kappa shape index (κ1) is 22.8. The highest BCUT2D eigenvalue weighted by atomic mass is 16.5. The van der Waals surface area contributed by atoms with Crippen LogP contribution in [0.15, 0.2) is 72.3 Å². The minimum absolute atomic E-state index is 0.171. The van der Waals surface area contributed by atoms with Gasteiger partial charge in [-0.2, -0.15) is 0 Å². The number of nitrogens with one attached hydrogen (secondary N) is 1. The third-order valence-electron chi connectivity index (χ3n) is 5.68. The van der Waals surface area contributed by atoms with Crippen molar-refractivity contribution >= 4 is 29.6 Å². The number of carbonyl (C=O) groups is 3. The summed E-state index contributed by atoms with van der Waals surface area (Å²) < 4.78 is 11.3. The van der Waals surface area contributed by atoms with Crippen LogP contribution in [-0.4, -0.2) is 25.0 Å². The lowest BCUT2D eigenvalue weighted by Crippen LogP contribution is -2.54. The van der Waals surface area contributed by atoms with Crippen LogP contribution in [0.4, 0.5) is 10.5 Å². The fraction of sp³-hybridized carbons (Fsp3) is 0.148. The Morgan fingerprint density at radius 2 is 1.71 bits per heavy atom. The number of carbonyl (C=O) groups excluding carboxylic acids is 3. The second kappa shape index (κ2) is 9.62. The van der Waals surface area contributed by atoms with Gasteiger partial charge < -0.3 is 9.47 Å². The molecule has 7 nitrogen and oxygen atoms in total. The molecule has 1 fully saturated rings. The quantitative estimate of drug-likeness (QED) is 0.434. The Hall–Kier alpha value is -4.39. The van der Waals surface area contributed by atoms with Gasteiger partial charge in [-0.3, -0.25) is 14.9 Å². The molecule has 0 unspecified atom stereocenters. The number of urea groups is 1. The van der Waals surface area contributed by atoms with Crippen LogP contribution in [0.3, 0.4) is 0 Å². The van der Waals surface area contributed by atoms with Crippen molar-refractivity contribution in [1.82, 2.24) is 5.32 Å². The number of nitrogens with zero attached hydrogens (tertiary/aromatic N) is 1. The first-order valence-electron chi connectivity index (χ1n) is 10.7. The van der Waals surface area contributed by atoms with Crippen molar-refractivity contribution in [3.05, 3.63) is 94.6 Å². The molecule has 0 aromatic heterocycles. The van der Waals surface area contributed by atoms with E-state index >= 15 is 0 Å². The molecule has 0 radical (unpaired) electrons. The summed E-state index contributed by atoms with van der Waals surface area (Å²) in [4.78, 5) is 39.6. The second-order valence-corrected chi connectivity index (χ2v) is 7.85. The van der Waals surface area contributed by atoms with Gasteiger partial charge in [0.1, 0.15) is 23.7 Å². The van der Waals surface area contributed by atoms with Crippen LogP contribution in [0.1, 0.15) is 22.3 Å². The zero-order chi connectivity index (χ0) is 24.2. The molecule has 0 bridgehead atoms. The Morgan fingerprint density at radius 3 is 2.44 bits per heavy atom. The van der Waals surface area contributed by atoms with Gasteiger partial charge in [-0.25, -0.2) is 9.69 Å². The predicted octanol–water partition coefficient (Wildman–Crippen LogP) is 4.56. The number of anilines is 1. The predicted molar refractivity (Wildman–Crippen MR) is 129 cm³/mol. The summed E-state index contributed by atoms with van der Waals surface area (Å²) in [6.07, 6.45) is 1.43. The zero-order valence-corrected chi connectivity index (χ0v) is 19.1. The summed E-state index contributed by atoms with van der Waals surface area (Å²) in [5.74, 6) is -0.461. The SMILES string of the molecule is COc1ccc(/C=C2\C(=O)NC(=O)N(c3cccc(C)c3C)C2=O)c(OCc2ccccc2)c1. The molecule has 1 aliphatic rings. The average molecular weight is 456 g/mol. The van der Waals surface area contributed by atoms with Crippen molar-refractivity contribution in [2.45, 2.75) is 20.5 Å². The van der Waals surface area contributed by atoms with Gasteiger partial charge in [0.15, 0.2) is 0 Å². The minimum Gasteiger partial charge on any atom is -0.497 e. The highest BCUT2D eigenvalue weighted by Gasteiger charge is 2.37. The Kier molecular flexibility index (Phi) is 6.45. The van der Waals surface area contributed by atoms with E-state index < -0.39 is 17.8 Å². The largest absolute Gasteiger partial charge is 0.497 e. The van der Waals surface area contributed by atoms with Crippen LogP contribution in [-0.2, 0) is 16.2 Å². The van der Waals surface area contributed by atoms with Crippen molar-refractivity contribution < 1.29 is 23.9 Å². The minimum atomic E-state index is -0.781. The van der Waals surface area contributed by atoms with E-state index in [-0.39, 0.29) is 12.2 Å². The molecule has 0 saturated carbocycles. The molecule has 0 spiro atoms. The van der Waals surface area contributed by atoms with Gasteiger partial charge in [-0.15, -0.1) is 0 Å². The van der Waals surface area contributed by atoms with Crippen LogP contribution >= 0.6 is 0 Å². The Bertz CT molecular complexity index is 1300. The summed E-state index contributed by atoms with van der Waals surface area (Å²) in [5.41, 5.74) is 3.42. The molecule has 1 saturated heterocycles. The number of imide groups is 2. The Balaban J connectivity index is 1.72. The van der Waals surface area contributed by atoms with Crippen molar-refractivity contribution in [1.29, 1.82) is 0 Å². The van der Waals surface area contributed by atoms with E-state index in [0.29, 0.717) is 22.7 Å². The van der Waals surface area contributed by atoms with Gasteiger partial charge in [0.2, 0.25) is 0 Å². The molecular weight excluding hydrogens is 432 g/mol. The number of amides is 4. The van der Waals surface area contributed by atoms with Crippen LogP contribution in [0.2, 0.25) is 0 Å². The van der Waals surface area contributed by atoms with E-state index in [2.05, 4.69) is 5.32 Å². The molecule has 0 atom stereocenters. The van der Waals surface area contributed by atoms with Crippen molar-refractivity contribution in [3.63, 3.8) is 0 Å². The number of aryl methyl sites for hydroxylation is 1. The summed E-state index contributed by atoms with van der Waals surface area (Å²) in [6, 6.07) is 19.3. The number of benzene rings is 3. The molecule has 1 aliphatic heterocycles. The average Bonchev–Trinajstić information content (AvgIpc) is 2.84. The lowest BCUT2D eigenvalue weighted by molar-refractivity contribution is -0.122. The Labute approximate surface area is 197 Å². The molecule has 7 heteroatoms. The number of hydrogen-bond donors (Lipinski definition) is 1. The first-order valence-corrected chi connectivity index (χ1v) is 10.7. The molecule has 4 rings (SSSR count). The van der Waals surface area contributed by atoms with Crippen LogP contribution in [0.5, 0.6) is 11.5 Å². The number of barbiturate groups is 1. The maximum absolute atomic E-state index is 13.3. The summed E-state index contributed by atoms with van der Waals surface area (Å²) in [5, 5.41) is 2.27. The third-order valence-corrected chi connectivity index (χ3v) is 5.68. The van der Waals surface area contributed by atoms with E-state index in [1.165, 1.54) is 6.08 Å². The maximum atomic E-state index is 13.3. The van der Waals surface area contributed by atoms with Gasteiger partial charge in [0, 0.05) is 11.6 Å². The number of methoxy groups -OCH3 is 1. The second-order valence-electron chi connectivity index (χ2n) is 7.85. The van der Waals surface area contributed by atoms with Crippen molar-refractivity contribution in [2.24, 2.45) is 0 Å². The normalized spacial score (nSPS) is 14.9. The fourth-order valence-electron chi connectivity index (χ4n) is 3.63. The molecular formula is C27H24N2O5. The van der Waals surface area contributed by atoms with E-state index in [9.17, 15) is 14.4 Å². The van der Waals surface area contributed by atoms with Crippen LogP contribution in [0.25, 0.3) is 6.08 Å². The van der Waals surface area contributed by atoms with E-state index in [1.54, 1.807) is 37.4 Å². The lowest BCUT2D eigenvalue weighted by atomic mass is 10.0. The third kappa shape index (κ3) is 4.54. The number of hydrogen-bond acceptors (Lipinski definition) is 5. The van der Waals surface area contributed by atoms with Crippen LogP contribution in [0, 0.1) is 13.8 Å². The number of rotatable bonds is 6. The molecule has 4 amide bonds. The van der Waals surface area contributed by atoms with Gasteiger partial charge in [-0.05, 0) is 54.8 Å². The standard InChI is InChI=1S/C27H24N2O5/c1-17-8-7-11-23(18(17)2)29-26(31)22(25(30)28-27(29)32)14-20-12-13-21(33-3)15-24(20)34-16-19-9-5-4-6-10-19/h4-15H,16H2,1-3H3,(H,28,30,32)/b22-14+. The van der Waals surface area contributed by atoms with Gasteiger partial charge in [0.05, 0.1) is 12.8 Å². The summed E-state index contributed by atoms with van der Waals surface area (Å²) >= 11 is 0. The monoisotopic (exact) mass is 456 g/mol. The highest BCUT2D eigenvalue weighted by Crippen LogP contribution is 2.30.